The van der Waals surface area contributed by atoms with Crippen molar-refractivity contribution in [2.75, 3.05) is 33.5 Å². The Balaban J connectivity index is 2.13. The molecule has 0 saturated carbocycles. The molecule has 2 fully saturated rings. The Labute approximate surface area is 178 Å². The zero-order valence-corrected chi connectivity index (χ0v) is 17.2. The number of ether oxygens (including phenoxy) is 6. The van der Waals surface area contributed by atoms with E-state index in [1.165, 1.54) is 14.0 Å². The van der Waals surface area contributed by atoms with E-state index in [-0.39, 0.29) is 19.8 Å². The number of carbonyl (C=O) groups is 2. The van der Waals surface area contributed by atoms with Crippen molar-refractivity contribution in [2.45, 2.75) is 68.1 Å². The lowest BCUT2D eigenvalue weighted by Gasteiger charge is -2.46. The van der Waals surface area contributed by atoms with E-state index in [1.807, 2.05) is 0 Å². The Hall–Kier alpha value is -1.26. The van der Waals surface area contributed by atoms with E-state index in [0.717, 1.165) is 0 Å². The lowest BCUT2D eigenvalue weighted by Crippen LogP contribution is -2.64. The highest BCUT2D eigenvalue weighted by molar-refractivity contribution is 5.67. The molecular formula is C18H30O13. The molecule has 31 heavy (non-hydrogen) atoms. The van der Waals surface area contributed by atoms with Crippen LogP contribution in [0.3, 0.4) is 0 Å². The average molecular weight is 454 g/mol. The van der Waals surface area contributed by atoms with E-state index < -0.39 is 73.8 Å². The van der Waals surface area contributed by atoms with E-state index in [4.69, 9.17) is 33.5 Å². The topological polar surface area (TPSA) is 191 Å². The molecule has 0 aromatic carbocycles. The summed E-state index contributed by atoms with van der Waals surface area (Å²) in [6.07, 6.45) is -11.8. The number of hydrogen-bond donors (Lipinski definition) is 5. The summed E-state index contributed by atoms with van der Waals surface area (Å²) in [7, 11) is 1.27. The first-order valence-corrected chi connectivity index (χ1v) is 9.73. The van der Waals surface area contributed by atoms with Crippen LogP contribution in [0.25, 0.3) is 0 Å². The normalized spacial score (nSPS) is 41.1. The minimum absolute atomic E-state index is 0.158. The first kappa shape index (κ1) is 26.0. The molecule has 180 valence electrons. The number of aliphatic hydroxyl groups is 4. The van der Waals surface area contributed by atoms with E-state index in [1.54, 1.807) is 0 Å². The fourth-order valence-corrected chi connectivity index (χ4v) is 3.52. The number of carboxylic acids is 1. The maximum atomic E-state index is 10.7. The number of aliphatic carboxylic acids is 1. The molecule has 2 saturated heterocycles. The molecular weight excluding hydrogens is 424 g/mol. The van der Waals surface area contributed by atoms with Crippen molar-refractivity contribution in [1.29, 1.82) is 0 Å². The number of aliphatic hydroxyl groups excluding tert-OH is 4. The minimum atomic E-state index is -1.61. The predicted octanol–water partition coefficient (Wildman–Crippen LogP) is -3.34. The number of rotatable bonds is 11. The zero-order chi connectivity index (χ0) is 23.1. The third-order valence-electron chi connectivity index (χ3n) is 5.10. The fraction of sp³-hybridized carbons (Fsp3) is 0.889. The van der Waals surface area contributed by atoms with Gasteiger partial charge in [-0.15, -0.1) is 0 Å². The van der Waals surface area contributed by atoms with Crippen LogP contribution in [0.5, 0.6) is 0 Å². The first-order valence-electron chi connectivity index (χ1n) is 9.73. The van der Waals surface area contributed by atoms with Gasteiger partial charge in [0.1, 0.15) is 68.3 Å². The van der Waals surface area contributed by atoms with Crippen molar-refractivity contribution in [2.24, 2.45) is 0 Å². The summed E-state index contributed by atoms with van der Waals surface area (Å²) >= 11 is 0. The molecule has 0 bridgehead atoms. The van der Waals surface area contributed by atoms with Crippen LogP contribution in [0.4, 0.5) is 0 Å². The Morgan fingerprint density at radius 1 is 0.935 bits per heavy atom. The smallest absolute Gasteiger partial charge is 0.329 e. The van der Waals surface area contributed by atoms with Crippen LogP contribution in [0.2, 0.25) is 0 Å². The van der Waals surface area contributed by atoms with Gasteiger partial charge in [-0.1, -0.05) is 0 Å². The Morgan fingerprint density at radius 3 is 2.16 bits per heavy atom. The molecule has 2 aliphatic heterocycles. The van der Waals surface area contributed by atoms with Crippen molar-refractivity contribution < 1.29 is 63.5 Å². The lowest BCUT2D eigenvalue weighted by atomic mass is 9.95. The Kier molecular flexibility index (Phi) is 10.2. The lowest BCUT2D eigenvalue weighted by molar-refractivity contribution is -0.344. The van der Waals surface area contributed by atoms with Crippen LogP contribution in [-0.4, -0.2) is 133 Å². The van der Waals surface area contributed by atoms with Gasteiger partial charge < -0.3 is 58.7 Å². The molecule has 13 heteroatoms. The van der Waals surface area contributed by atoms with Crippen LogP contribution in [0, 0.1) is 0 Å². The number of carbonyl (C=O) groups excluding carboxylic acids is 1. The molecule has 0 amide bonds. The van der Waals surface area contributed by atoms with Gasteiger partial charge in [-0.3, -0.25) is 0 Å². The SMILES string of the molecule is CO[C@H]1C(O)C(O)C(O[C@@H]2C(COCC=O)OC(C)[C@@H](O)[C@H]2O)O[C@H]1COCC(=O)O. The summed E-state index contributed by atoms with van der Waals surface area (Å²) in [6.45, 7) is 0.249. The molecule has 13 nitrogen and oxygen atoms in total. The van der Waals surface area contributed by atoms with Crippen molar-refractivity contribution in [1.82, 2.24) is 0 Å². The molecule has 2 aliphatic rings. The maximum Gasteiger partial charge on any atom is 0.329 e. The van der Waals surface area contributed by atoms with Gasteiger partial charge in [0.25, 0.3) is 0 Å². The van der Waals surface area contributed by atoms with Crippen molar-refractivity contribution >= 4 is 12.3 Å². The van der Waals surface area contributed by atoms with Crippen LogP contribution in [0.1, 0.15) is 6.92 Å². The van der Waals surface area contributed by atoms with Gasteiger partial charge >= 0.3 is 5.97 Å². The van der Waals surface area contributed by atoms with Gasteiger partial charge in [0.15, 0.2) is 6.29 Å². The molecule has 0 spiro atoms. The van der Waals surface area contributed by atoms with E-state index >= 15 is 0 Å². The number of carboxylic acid groups (broad SMARTS) is 1. The largest absolute Gasteiger partial charge is 0.480 e. The predicted molar refractivity (Wildman–Crippen MR) is 98.0 cm³/mol. The van der Waals surface area contributed by atoms with Crippen LogP contribution in [-0.2, 0) is 38.0 Å². The first-order chi connectivity index (χ1) is 14.7. The monoisotopic (exact) mass is 454 g/mol. The summed E-state index contributed by atoms with van der Waals surface area (Å²) < 4.78 is 32.2. The zero-order valence-electron chi connectivity index (χ0n) is 17.2. The van der Waals surface area contributed by atoms with Gasteiger partial charge in [-0.25, -0.2) is 4.79 Å². The second kappa shape index (κ2) is 12.1. The number of hydrogen-bond acceptors (Lipinski definition) is 12. The third kappa shape index (κ3) is 6.61. The summed E-state index contributed by atoms with van der Waals surface area (Å²) in [5, 5.41) is 50.2. The third-order valence-corrected chi connectivity index (χ3v) is 5.10. The second-order valence-electron chi connectivity index (χ2n) is 7.30. The van der Waals surface area contributed by atoms with Crippen LogP contribution < -0.4 is 0 Å². The fourth-order valence-electron chi connectivity index (χ4n) is 3.52. The molecule has 10 atom stereocenters. The highest BCUT2D eigenvalue weighted by Gasteiger charge is 2.50. The summed E-state index contributed by atoms with van der Waals surface area (Å²) in [4.78, 5) is 21.2. The quantitative estimate of drug-likeness (QED) is 0.154. The van der Waals surface area contributed by atoms with Crippen molar-refractivity contribution in [3.8, 4) is 0 Å². The second-order valence-corrected chi connectivity index (χ2v) is 7.30. The highest BCUT2D eigenvalue weighted by Crippen LogP contribution is 2.30. The van der Waals surface area contributed by atoms with Crippen molar-refractivity contribution in [3.63, 3.8) is 0 Å². The molecule has 5 unspecified atom stereocenters. The number of aldehydes is 1. The molecule has 0 aromatic heterocycles. The number of methoxy groups -OCH3 is 1. The van der Waals surface area contributed by atoms with E-state index in [2.05, 4.69) is 0 Å². The summed E-state index contributed by atoms with van der Waals surface area (Å²) in [5.74, 6) is -1.21. The van der Waals surface area contributed by atoms with Crippen LogP contribution >= 0.6 is 0 Å². The molecule has 0 radical (unpaired) electrons. The maximum absolute atomic E-state index is 10.7. The van der Waals surface area contributed by atoms with Gasteiger partial charge in [0, 0.05) is 7.11 Å². The van der Waals surface area contributed by atoms with Gasteiger partial charge in [0.05, 0.1) is 19.3 Å². The van der Waals surface area contributed by atoms with Gasteiger partial charge in [-0.05, 0) is 6.92 Å². The van der Waals surface area contributed by atoms with Crippen LogP contribution in [0.15, 0.2) is 0 Å². The molecule has 5 N–H and O–H groups in total. The Morgan fingerprint density at radius 2 is 1.55 bits per heavy atom. The summed E-state index contributed by atoms with van der Waals surface area (Å²) in [5.41, 5.74) is 0. The molecule has 2 heterocycles. The average Bonchev–Trinajstić information content (AvgIpc) is 2.72. The van der Waals surface area contributed by atoms with E-state index in [0.29, 0.717) is 6.29 Å². The molecule has 2 rings (SSSR count). The highest BCUT2D eigenvalue weighted by atomic mass is 16.7. The van der Waals surface area contributed by atoms with E-state index in [9.17, 15) is 30.0 Å². The summed E-state index contributed by atoms with van der Waals surface area (Å²) in [6, 6.07) is 0. The minimum Gasteiger partial charge on any atom is -0.480 e. The standard InChI is InChI=1S/C18H30O13/c1-8-12(22)13(23)17(10(29-8)5-27-4-3-19)31-18-15(25)14(24)16(26-2)9(30-18)6-28-7-11(20)21/h3,8-10,12-18,22-25H,4-7H2,1-2H3,(H,20,21)/t8?,9-,10?,12+,13+,14?,15?,16+,17+,18?/m0/s1. The Bertz CT molecular complexity index is 575. The van der Waals surface area contributed by atoms with Gasteiger partial charge in [0.2, 0.25) is 0 Å². The molecule has 0 aromatic rings. The molecule has 0 aliphatic carbocycles. The van der Waals surface area contributed by atoms with Gasteiger partial charge in [-0.2, -0.15) is 0 Å². The van der Waals surface area contributed by atoms with Crippen molar-refractivity contribution in [3.05, 3.63) is 0 Å².